The molecule has 2 aromatic heterocycles. The van der Waals surface area contributed by atoms with Crippen molar-refractivity contribution in [1.82, 2.24) is 15.3 Å². The number of pyridine rings is 2. The number of halogens is 4. The summed E-state index contributed by atoms with van der Waals surface area (Å²) in [5.41, 5.74) is -0.124. The molecule has 4 nitrogen and oxygen atoms in total. The third-order valence-electron chi connectivity index (χ3n) is 5.06. The van der Waals surface area contributed by atoms with Gasteiger partial charge in [0.25, 0.3) is 0 Å². The summed E-state index contributed by atoms with van der Waals surface area (Å²) < 4.78 is 58.6. The fraction of sp³-hybridized carbons (Fsp3) is 0.333. The van der Waals surface area contributed by atoms with Crippen LogP contribution in [0.2, 0.25) is 0 Å². The lowest BCUT2D eigenvalue weighted by atomic mass is 9.89. The maximum Gasteiger partial charge on any atom is 0.433 e. The van der Waals surface area contributed by atoms with Gasteiger partial charge in [-0.25, -0.2) is 9.37 Å². The van der Waals surface area contributed by atoms with Crippen LogP contribution < -0.4 is 10.1 Å². The average Bonchev–Trinajstić information content (AvgIpc) is 2.63. The third kappa shape index (κ3) is 4.32. The number of fused-ring (bicyclic) bond motifs is 1. The van der Waals surface area contributed by atoms with Gasteiger partial charge < -0.3 is 10.1 Å². The standard InChI is InChI=1S/C21H19F4N3O/c1-12-6-15(9-20(28-12)21(23,24)25)29-16-7-14(8-16)27-11-18-17-4-5-26-10-13(17)2-3-19(18)22/h2-6,9-10,14,16,27H,7-8,11H2,1H3/t14-,16-. The monoisotopic (exact) mass is 405 g/mol. The Morgan fingerprint density at radius 2 is 1.97 bits per heavy atom. The number of aryl methyl sites for hydroxylation is 1. The van der Waals surface area contributed by atoms with Crippen LogP contribution in [0.25, 0.3) is 10.8 Å². The van der Waals surface area contributed by atoms with E-state index in [1.54, 1.807) is 24.5 Å². The van der Waals surface area contributed by atoms with E-state index < -0.39 is 11.9 Å². The summed E-state index contributed by atoms with van der Waals surface area (Å²) in [6.45, 7) is 1.86. The van der Waals surface area contributed by atoms with Crippen molar-refractivity contribution in [2.45, 2.75) is 44.6 Å². The molecule has 2 heterocycles. The summed E-state index contributed by atoms with van der Waals surface area (Å²) in [6, 6.07) is 7.44. The van der Waals surface area contributed by atoms with Crippen LogP contribution >= 0.6 is 0 Å². The number of hydrogen-bond acceptors (Lipinski definition) is 4. The molecule has 4 rings (SSSR count). The molecule has 1 saturated carbocycles. The van der Waals surface area contributed by atoms with E-state index in [0.717, 1.165) is 16.8 Å². The molecule has 0 unspecified atom stereocenters. The summed E-state index contributed by atoms with van der Waals surface area (Å²) in [7, 11) is 0. The van der Waals surface area contributed by atoms with Gasteiger partial charge in [-0.15, -0.1) is 0 Å². The van der Waals surface area contributed by atoms with Gasteiger partial charge in [-0.1, -0.05) is 0 Å². The first-order valence-corrected chi connectivity index (χ1v) is 9.26. The van der Waals surface area contributed by atoms with E-state index in [2.05, 4.69) is 15.3 Å². The molecule has 29 heavy (non-hydrogen) atoms. The molecule has 0 radical (unpaired) electrons. The van der Waals surface area contributed by atoms with Gasteiger partial charge in [0.2, 0.25) is 0 Å². The van der Waals surface area contributed by atoms with Crippen LogP contribution in [0.3, 0.4) is 0 Å². The SMILES string of the molecule is Cc1cc(O[C@H]2C[C@H](NCc3c(F)ccc4cnccc34)C2)cc(C(F)(F)F)n1. The Labute approximate surface area is 164 Å². The van der Waals surface area contributed by atoms with Gasteiger partial charge >= 0.3 is 6.18 Å². The summed E-state index contributed by atoms with van der Waals surface area (Å²) in [5.74, 6) is -0.115. The zero-order valence-electron chi connectivity index (χ0n) is 15.6. The van der Waals surface area contributed by atoms with Crippen LogP contribution in [0.1, 0.15) is 29.8 Å². The van der Waals surface area contributed by atoms with E-state index in [1.165, 1.54) is 19.1 Å². The topological polar surface area (TPSA) is 47.0 Å². The molecule has 0 aliphatic heterocycles. The number of nitrogens with one attached hydrogen (secondary N) is 1. The smallest absolute Gasteiger partial charge is 0.433 e. The molecular formula is C21H19F4N3O. The van der Waals surface area contributed by atoms with Crippen molar-refractivity contribution in [3.05, 3.63) is 65.5 Å². The second-order valence-electron chi connectivity index (χ2n) is 7.24. The second-order valence-corrected chi connectivity index (χ2v) is 7.24. The largest absolute Gasteiger partial charge is 0.490 e. The first kappa shape index (κ1) is 19.6. The molecule has 0 saturated heterocycles. The van der Waals surface area contributed by atoms with Crippen molar-refractivity contribution in [2.24, 2.45) is 0 Å². The van der Waals surface area contributed by atoms with Crippen LogP contribution in [0.4, 0.5) is 17.6 Å². The van der Waals surface area contributed by atoms with Crippen molar-refractivity contribution in [3.63, 3.8) is 0 Å². The van der Waals surface area contributed by atoms with Gasteiger partial charge in [0.1, 0.15) is 23.4 Å². The van der Waals surface area contributed by atoms with Gasteiger partial charge in [0.15, 0.2) is 0 Å². The van der Waals surface area contributed by atoms with Crippen molar-refractivity contribution < 1.29 is 22.3 Å². The molecule has 0 atom stereocenters. The van der Waals surface area contributed by atoms with Crippen LogP contribution in [0.15, 0.2) is 42.7 Å². The number of benzene rings is 1. The van der Waals surface area contributed by atoms with Crippen LogP contribution in [-0.2, 0) is 12.7 Å². The summed E-state index contributed by atoms with van der Waals surface area (Å²) in [6.07, 6.45) is -0.0990. The second kappa shape index (κ2) is 7.59. The summed E-state index contributed by atoms with van der Waals surface area (Å²) >= 11 is 0. The van der Waals surface area contributed by atoms with E-state index in [4.69, 9.17) is 4.74 Å². The highest BCUT2D eigenvalue weighted by Gasteiger charge is 2.35. The minimum absolute atomic E-state index is 0.113. The molecule has 1 N–H and O–H groups in total. The molecule has 3 aromatic rings. The quantitative estimate of drug-likeness (QED) is 0.620. The number of hydrogen-bond donors (Lipinski definition) is 1. The van der Waals surface area contributed by atoms with E-state index in [0.29, 0.717) is 24.9 Å². The Morgan fingerprint density at radius 3 is 2.72 bits per heavy atom. The Kier molecular flexibility index (Phi) is 5.12. The van der Waals surface area contributed by atoms with Gasteiger partial charge in [0, 0.05) is 53.8 Å². The minimum atomic E-state index is -4.51. The molecule has 8 heteroatoms. The highest BCUT2D eigenvalue weighted by Crippen LogP contribution is 2.33. The van der Waals surface area contributed by atoms with E-state index in [-0.39, 0.29) is 29.4 Å². The molecule has 0 spiro atoms. The van der Waals surface area contributed by atoms with Crippen molar-refractivity contribution in [1.29, 1.82) is 0 Å². The summed E-state index contributed by atoms with van der Waals surface area (Å²) in [5, 5.41) is 4.98. The van der Waals surface area contributed by atoms with E-state index in [1.807, 2.05) is 0 Å². The van der Waals surface area contributed by atoms with Crippen LogP contribution in [-0.4, -0.2) is 22.1 Å². The Morgan fingerprint density at radius 1 is 1.17 bits per heavy atom. The maximum absolute atomic E-state index is 14.2. The van der Waals surface area contributed by atoms with Gasteiger partial charge in [0.05, 0.1) is 0 Å². The number of alkyl halides is 3. The molecule has 1 fully saturated rings. The lowest BCUT2D eigenvalue weighted by Gasteiger charge is -2.36. The Bertz CT molecular complexity index is 1030. The van der Waals surface area contributed by atoms with Crippen molar-refractivity contribution in [3.8, 4) is 5.75 Å². The molecule has 1 aromatic carbocycles. The zero-order chi connectivity index (χ0) is 20.6. The first-order valence-electron chi connectivity index (χ1n) is 9.26. The van der Waals surface area contributed by atoms with Crippen molar-refractivity contribution >= 4 is 10.8 Å². The fourth-order valence-electron chi connectivity index (χ4n) is 3.50. The predicted molar refractivity (Wildman–Crippen MR) is 100.0 cm³/mol. The normalized spacial score (nSPS) is 19.2. The average molecular weight is 405 g/mol. The Hall–Kier alpha value is -2.74. The minimum Gasteiger partial charge on any atom is -0.490 e. The molecule has 152 valence electrons. The van der Waals surface area contributed by atoms with Gasteiger partial charge in [-0.2, -0.15) is 13.2 Å². The number of nitrogens with zero attached hydrogens (tertiary/aromatic N) is 2. The van der Waals surface area contributed by atoms with Crippen LogP contribution in [0.5, 0.6) is 5.75 Å². The van der Waals surface area contributed by atoms with Crippen molar-refractivity contribution in [2.75, 3.05) is 0 Å². The van der Waals surface area contributed by atoms with Crippen LogP contribution in [0, 0.1) is 12.7 Å². The predicted octanol–water partition coefficient (Wildman–Crippen LogP) is 4.80. The first-order chi connectivity index (χ1) is 13.8. The number of aromatic nitrogens is 2. The lowest BCUT2D eigenvalue weighted by molar-refractivity contribution is -0.141. The highest BCUT2D eigenvalue weighted by atomic mass is 19.4. The number of rotatable bonds is 5. The molecule has 0 amide bonds. The van der Waals surface area contributed by atoms with E-state index >= 15 is 0 Å². The molecule has 0 bridgehead atoms. The maximum atomic E-state index is 14.2. The summed E-state index contributed by atoms with van der Waals surface area (Å²) in [4.78, 5) is 7.56. The van der Waals surface area contributed by atoms with Gasteiger partial charge in [-0.05, 0) is 43.4 Å². The molecule has 1 aliphatic carbocycles. The van der Waals surface area contributed by atoms with E-state index in [9.17, 15) is 17.6 Å². The van der Waals surface area contributed by atoms with Gasteiger partial charge in [-0.3, -0.25) is 4.98 Å². The lowest BCUT2D eigenvalue weighted by Crippen LogP contribution is -2.46. The zero-order valence-corrected chi connectivity index (χ0v) is 15.6. The molecular weight excluding hydrogens is 386 g/mol. The fourth-order valence-corrected chi connectivity index (χ4v) is 3.50. The highest BCUT2D eigenvalue weighted by molar-refractivity contribution is 5.84. The Balaban J connectivity index is 1.35. The third-order valence-corrected chi connectivity index (χ3v) is 5.06. The number of ether oxygens (including phenoxy) is 1. The molecule has 1 aliphatic rings.